The van der Waals surface area contributed by atoms with E-state index in [-0.39, 0.29) is 26.2 Å². The Balaban J connectivity index is 4.39. The van der Waals surface area contributed by atoms with E-state index < -0.39 is 19.9 Å². The molecule has 0 heterocycles. The summed E-state index contributed by atoms with van der Waals surface area (Å²) in [7, 11) is 1.61. The Morgan fingerprint density at radius 1 is 0.582 bits per heavy atom. The third-order valence-corrected chi connectivity index (χ3v) is 9.78. The number of carbonyl (C=O) groups is 1. The molecule has 1 unspecified atom stereocenters. The highest BCUT2D eigenvalue weighted by Crippen LogP contribution is 2.43. The number of hydrogen-bond acceptors (Lipinski definition) is 6. The minimum absolute atomic E-state index is 0.0727. The number of nitrogens with zero attached hydrogens (tertiary/aromatic N) is 1. The summed E-state index contributed by atoms with van der Waals surface area (Å²) in [4.78, 5) is 22.8. The van der Waals surface area contributed by atoms with Crippen LogP contribution in [0.5, 0.6) is 0 Å². The van der Waals surface area contributed by atoms with Gasteiger partial charge in [0.25, 0.3) is 0 Å². The molecular formula is C46H83NO7P+. The normalized spacial score (nSPS) is 14.5. The van der Waals surface area contributed by atoms with E-state index in [2.05, 4.69) is 74.6 Å². The summed E-state index contributed by atoms with van der Waals surface area (Å²) in [5.74, 6) is -0.396. The standard InChI is InChI=1S/C46H82NO7P/c1-6-8-10-12-14-16-18-20-22-23-24-25-26-27-29-31-33-35-37-39-46(48)54-45(44-53-55(49,50)52-42-40-47(3,4)5)43-51-41-38-36-34-32-30-28-21-19-17-15-13-11-9-7-2/h8,10,14,16,20,22,24-25,27,29,33,35,45H,6-7,9,11-13,15,17-19,21,23,26,28,30-32,34,36-44H2,1-5H3/p+1/b10-8+,16-14+,22-20+,25-24+,29-27+,35-33+/t45-/m1/s1. The summed E-state index contributed by atoms with van der Waals surface area (Å²) in [6, 6.07) is 0. The SMILES string of the molecule is CC/C=C/C/C=C/C/C=C/C/C=C/C/C=C/C/C=C/CCC(=O)O[C@H](COCCCCCCCCCCCCCCCC)COP(=O)(O)OCC[N+](C)(C)C. The second-order valence-electron chi connectivity index (χ2n) is 15.3. The fraction of sp³-hybridized carbons (Fsp3) is 0.717. The average Bonchev–Trinajstić information content (AvgIpc) is 3.13. The molecule has 9 heteroatoms. The van der Waals surface area contributed by atoms with Gasteiger partial charge in [0.1, 0.15) is 19.3 Å². The molecule has 0 aromatic heterocycles. The number of phosphoric ester groups is 1. The van der Waals surface area contributed by atoms with Crippen LogP contribution in [0.15, 0.2) is 72.9 Å². The smallest absolute Gasteiger partial charge is 0.457 e. The van der Waals surface area contributed by atoms with Crippen LogP contribution in [0.3, 0.4) is 0 Å². The molecule has 0 aromatic carbocycles. The van der Waals surface area contributed by atoms with Crippen molar-refractivity contribution in [1.29, 1.82) is 0 Å². The predicted molar refractivity (Wildman–Crippen MR) is 233 cm³/mol. The van der Waals surface area contributed by atoms with Crippen molar-refractivity contribution in [1.82, 2.24) is 0 Å². The first-order valence-electron chi connectivity index (χ1n) is 21.7. The van der Waals surface area contributed by atoms with E-state index in [0.717, 1.165) is 51.4 Å². The van der Waals surface area contributed by atoms with Gasteiger partial charge in [0.05, 0.1) is 34.4 Å². The number of esters is 1. The first-order valence-corrected chi connectivity index (χ1v) is 23.2. The number of allylic oxidation sites excluding steroid dienone is 12. The Morgan fingerprint density at radius 2 is 1.02 bits per heavy atom. The number of unbranched alkanes of at least 4 members (excludes halogenated alkanes) is 13. The highest BCUT2D eigenvalue weighted by Gasteiger charge is 2.26. The molecule has 8 nitrogen and oxygen atoms in total. The van der Waals surface area contributed by atoms with Gasteiger partial charge in [-0.2, -0.15) is 0 Å². The third kappa shape index (κ3) is 42.9. The molecule has 0 radical (unpaired) electrons. The van der Waals surface area contributed by atoms with Crippen LogP contribution in [0.1, 0.15) is 155 Å². The molecule has 0 bridgehead atoms. The number of likely N-dealkylation sites (N-methyl/N-ethyl adjacent to an activating group) is 1. The van der Waals surface area contributed by atoms with Gasteiger partial charge in [-0.1, -0.05) is 170 Å². The minimum atomic E-state index is -4.30. The lowest BCUT2D eigenvalue weighted by atomic mass is 10.0. The Bertz CT molecular complexity index is 1110. The molecule has 0 aromatic rings. The lowest BCUT2D eigenvalue weighted by Crippen LogP contribution is -2.37. The monoisotopic (exact) mass is 793 g/mol. The molecule has 0 saturated carbocycles. The van der Waals surface area contributed by atoms with E-state index in [1.54, 1.807) is 0 Å². The van der Waals surface area contributed by atoms with Gasteiger partial charge < -0.3 is 18.9 Å². The number of hydrogen-bond donors (Lipinski definition) is 1. The fourth-order valence-corrected chi connectivity index (χ4v) is 6.20. The molecule has 0 rings (SSSR count). The fourth-order valence-electron chi connectivity index (χ4n) is 5.46. The van der Waals surface area contributed by atoms with Crippen molar-refractivity contribution < 1.29 is 37.3 Å². The van der Waals surface area contributed by atoms with Gasteiger partial charge in [0.15, 0.2) is 0 Å². The van der Waals surface area contributed by atoms with Gasteiger partial charge in [-0.15, -0.1) is 0 Å². The minimum Gasteiger partial charge on any atom is -0.457 e. The molecule has 0 fully saturated rings. The molecule has 0 saturated heterocycles. The van der Waals surface area contributed by atoms with Crippen LogP contribution in [0, 0.1) is 0 Å². The molecule has 55 heavy (non-hydrogen) atoms. The van der Waals surface area contributed by atoms with E-state index in [9.17, 15) is 14.3 Å². The summed E-state index contributed by atoms with van der Waals surface area (Å²) in [5.41, 5.74) is 0. The highest BCUT2D eigenvalue weighted by atomic mass is 31.2. The number of ether oxygens (including phenoxy) is 2. The maximum absolute atomic E-state index is 12.7. The first kappa shape index (κ1) is 52.9. The zero-order valence-electron chi connectivity index (χ0n) is 35.9. The van der Waals surface area contributed by atoms with Crippen molar-refractivity contribution >= 4 is 13.8 Å². The van der Waals surface area contributed by atoms with Gasteiger partial charge >= 0.3 is 13.8 Å². The van der Waals surface area contributed by atoms with Crippen LogP contribution < -0.4 is 0 Å². The van der Waals surface area contributed by atoms with Gasteiger partial charge in [-0.05, 0) is 51.4 Å². The van der Waals surface area contributed by atoms with Crippen molar-refractivity contribution in [3.63, 3.8) is 0 Å². The number of rotatable bonds is 39. The van der Waals surface area contributed by atoms with Crippen LogP contribution in [0.4, 0.5) is 0 Å². The van der Waals surface area contributed by atoms with Crippen molar-refractivity contribution in [2.45, 2.75) is 161 Å². The largest absolute Gasteiger partial charge is 0.472 e. The van der Waals surface area contributed by atoms with E-state index in [1.807, 2.05) is 33.3 Å². The Hall–Kier alpha value is -2.06. The number of phosphoric acid groups is 1. The van der Waals surface area contributed by atoms with E-state index in [0.29, 0.717) is 24.1 Å². The molecule has 318 valence electrons. The molecule has 0 aliphatic heterocycles. The Morgan fingerprint density at radius 3 is 1.47 bits per heavy atom. The topological polar surface area (TPSA) is 91.3 Å². The van der Waals surface area contributed by atoms with Crippen molar-refractivity contribution in [3.05, 3.63) is 72.9 Å². The Kier molecular flexibility index (Phi) is 37.3. The summed E-state index contributed by atoms with van der Waals surface area (Å²) >= 11 is 0. The molecular weight excluding hydrogens is 709 g/mol. The van der Waals surface area contributed by atoms with E-state index >= 15 is 0 Å². The zero-order valence-corrected chi connectivity index (χ0v) is 36.8. The highest BCUT2D eigenvalue weighted by molar-refractivity contribution is 7.47. The molecule has 1 N–H and O–H groups in total. The number of quaternary nitrogens is 1. The lowest BCUT2D eigenvalue weighted by Gasteiger charge is -2.24. The summed E-state index contributed by atoms with van der Waals surface area (Å²) < 4.78 is 34.9. The Labute approximate surface area is 338 Å². The maximum atomic E-state index is 12.7. The van der Waals surface area contributed by atoms with Gasteiger partial charge in [-0.3, -0.25) is 13.8 Å². The molecule has 0 amide bonds. The van der Waals surface area contributed by atoms with Crippen LogP contribution in [-0.4, -0.2) is 75.6 Å². The molecule has 0 aliphatic rings. The predicted octanol–water partition coefficient (Wildman–Crippen LogP) is 12.7. The summed E-state index contributed by atoms with van der Waals surface area (Å²) in [6.45, 7) is 5.40. The second kappa shape index (κ2) is 38.8. The third-order valence-electron chi connectivity index (χ3n) is 8.80. The van der Waals surface area contributed by atoms with Crippen LogP contribution in [-0.2, 0) is 27.9 Å². The second-order valence-corrected chi connectivity index (χ2v) is 16.8. The first-order chi connectivity index (χ1) is 26.6. The van der Waals surface area contributed by atoms with E-state index in [1.165, 1.54) is 77.0 Å². The molecule has 2 atom stereocenters. The lowest BCUT2D eigenvalue weighted by molar-refractivity contribution is -0.870. The molecule has 0 aliphatic carbocycles. The van der Waals surface area contributed by atoms with Crippen LogP contribution in [0.2, 0.25) is 0 Å². The maximum Gasteiger partial charge on any atom is 0.472 e. The van der Waals surface area contributed by atoms with E-state index in [4.69, 9.17) is 18.5 Å². The zero-order chi connectivity index (χ0) is 40.6. The summed E-state index contributed by atoms with van der Waals surface area (Å²) in [5, 5.41) is 0. The average molecular weight is 793 g/mol. The van der Waals surface area contributed by atoms with Crippen molar-refractivity contribution in [2.75, 3.05) is 54.1 Å². The van der Waals surface area contributed by atoms with Gasteiger partial charge in [0.2, 0.25) is 0 Å². The van der Waals surface area contributed by atoms with Crippen molar-refractivity contribution in [3.8, 4) is 0 Å². The van der Waals surface area contributed by atoms with Crippen LogP contribution in [0.25, 0.3) is 0 Å². The van der Waals surface area contributed by atoms with Gasteiger partial charge in [0, 0.05) is 13.0 Å². The quantitative estimate of drug-likeness (QED) is 0.0218. The van der Waals surface area contributed by atoms with Gasteiger partial charge in [-0.25, -0.2) is 4.57 Å². The number of carbonyl (C=O) groups excluding carboxylic acids is 1. The molecule has 0 spiro atoms. The van der Waals surface area contributed by atoms with Crippen molar-refractivity contribution in [2.24, 2.45) is 0 Å². The summed E-state index contributed by atoms with van der Waals surface area (Å²) in [6.07, 6.45) is 49.5. The van der Waals surface area contributed by atoms with Crippen LogP contribution >= 0.6 is 7.82 Å².